The third-order valence-corrected chi connectivity index (χ3v) is 3.30. The van der Waals surface area contributed by atoms with Gasteiger partial charge in [0.2, 0.25) is 0 Å². The molecule has 0 fully saturated rings. The van der Waals surface area contributed by atoms with E-state index in [1.807, 2.05) is 0 Å². The summed E-state index contributed by atoms with van der Waals surface area (Å²) < 4.78 is 50.6. The molecule has 0 saturated carbocycles. The smallest absolute Gasteiger partial charge is 0.388 e. The van der Waals surface area contributed by atoms with Gasteiger partial charge in [0, 0.05) is 6.42 Å². The summed E-state index contributed by atoms with van der Waals surface area (Å²) in [5.74, 6) is -0.376. The van der Waals surface area contributed by atoms with Crippen molar-refractivity contribution in [3.8, 4) is 0 Å². The molecule has 0 saturated heterocycles. The Morgan fingerprint density at radius 2 is 1.67 bits per heavy atom. The van der Waals surface area contributed by atoms with Crippen LogP contribution in [0.3, 0.4) is 0 Å². The third kappa shape index (κ3) is 3.82. The standard InChI is InChI=1S/C16H14F4O/c1-10-8-12(16(18,19)20)4-7-14(10)15(21)9-11-2-5-13(17)6-3-11/h2-8,15,21H,9H2,1H3. The Balaban J connectivity index is 2.19. The Morgan fingerprint density at radius 1 is 1.05 bits per heavy atom. The number of rotatable bonds is 3. The molecular weight excluding hydrogens is 284 g/mol. The van der Waals surface area contributed by atoms with Crippen molar-refractivity contribution in [1.82, 2.24) is 0 Å². The highest BCUT2D eigenvalue weighted by Crippen LogP contribution is 2.32. The fourth-order valence-corrected chi connectivity index (χ4v) is 2.18. The molecule has 1 N–H and O–H groups in total. The average Bonchev–Trinajstić information content (AvgIpc) is 2.40. The zero-order chi connectivity index (χ0) is 15.6. The van der Waals surface area contributed by atoms with Gasteiger partial charge in [-0.3, -0.25) is 0 Å². The molecule has 2 aromatic rings. The minimum atomic E-state index is -4.40. The topological polar surface area (TPSA) is 20.2 Å². The van der Waals surface area contributed by atoms with Gasteiger partial charge in [-0.1, -0.05) is 18.2 Å². The Kier molecular flexibility index (Phi) is 4.32. The summed E-state index contributed by atoms with van der Waals surface area (Å²) in [5.41, 5.74) is 0.785. The lowest BCUT2D eigenvalue weighted by molar-refractivity contribution is -0.137. The van der Waals surface area contributed by atoms with Gasteiger partial charge in [-0.2, -0.15) is 13.2 Å². The van der Waals surface area contributed by atoms with Gasteiger partial charge < -0.3 is 5.11 Å². The fourth-order valence-electron chi connectivity index (χ4n) is 2.18. The van der Waals surface area contributed by atoms with Crippen molar-refractivity contribution in [3.05, 3.63) is 70.5 Å². The Hall–Kier alpha value is -1.88. The van der Waals surface area contributed by atoms with Crippen molar-refractivity contribution in [1.29, 1.82) is 0 Å². The maximum atomic E-state index is 12.8. The molecular formula is C16H14F4O. The van der Waals surface area contributed by atoms with Crippen LogP contribution in [0.2, 0.25) is 0 Å². The monoisotopic (exact) mass is 298 g/mol. The van der Waals surface area contributed by atoms with Gasteiger partial charge in [0.15, 0.2) is 0 Å². The first-order valence-electron chi connectivity index (χ1n) is 6.37. The molecule has 0 spiro atoms. The molecule has 21 heavy (non-hydrogen) atoms. The second-order valence-electron chi connectivity index (χ2n) is 4.92. The summed E-state index contributed by atoms with van der Waals surface area (Å²) in [6.45, 7) is 1.53. The molecule has 0 aliphatic heterocycles. The van der Waals surface area contributed by atoms with E-state index in [1.54, 1.807) is 0 Å². The van der Waals surface area contributed by atoms with E-state index < -0.39 is 17.8 Å². The molecule has 0 bridgehead atoms. The minimum absolute atomic E-state index is 0.215. The molecule has 1 atom stereocenters. The van der Waals surface area contributed by atoms with Crippen LogP contribution >= 0.6 is 0 Å². The lowest BCUT2D eigenvalue weighted by atomic mass is 9.96. The van der Waals surface area contributed by atoms with E-state index in [9.17, 15) is 22.7 Å². The summed E-state index contributed by atoms with van der Waals surface area (Å²) in [6, 6.07) is 8.89. The second kappa shape index (κ2) is 5.85. The summed E-state index contributed by atoms with van der Waals surface area (Å²) in [5, 5.41) is 10.1. The van der Waals surface area contributed by atoms with Crippen LogP contribution in [0.5, 0.6) is 0 Å². The van der Waals surface area contributed by atoms with E-state index in [0.29, 0.717) is 16.7 Å². The number of aliphatic hydroxyl groups is 1. The lowest BCUT2D eigenvalue weighted by Crippen LogP contribution is -2.08. The van der Waals surface area contributed by atoms with Crippen LogP contribution in [0.25, 0.3) is 0 Å². The molecule has 0 amide bonds. The number of alkyl halides is 3. The van der Waals surface area contributed by atoms with Crippen LogP contribution < -0.4 is 0 Å². The maximum Gasteiger partial charge on any atom is 0.416 e. The zero-order valence-electron chi connectivity index (χ0n) is 11.3. The molecule has 1 nitrogen and oxygen atoms in total. The maximum absolute atomic E-state index is 12.8. The number of benzene rings is 2. The van der Waals surface area contributed by atoms with Crippen molar-refractivity contribution in [2.24, 2.45) is 0 Å². The van der Waals surface area contributed by atoms with Gasteiger partial charge in [0.25, 0.3) is 0 Å². The largest absolute Gasteiger partial charge is 0.416 e. The Labute approximate surface area is 119 Å². The highest BCUT2D eigenvalue weighted by Gasteiger charge is 2.30. The molecule has 2 rings (SSSR count). The first-order valence-corrected chi connectivity index (χ1v) is 6.37. The first-order chi connectivity index (χ1) is 9.77. The van der Waals surface area contributed by atoms with Crippen LogP contribution in [0, 0.1) is 12.7 Å². The summed E-state index contributed by atoms with van der Waals surface area (Å²) in [6.07, 6.45) is -5.12. The van der Waals surface area contributed by atoms with Crippen molar-refractivity contribution in [2.75, 3.05) is 0 Å². The van der Waals surface area contributed by atoms with Crippen molar-refractivity contribution >= 4 is 0 Å². The molecule has 0 heterocycles. The van der Waals surface area contributed by atoms with Gasteiger partial charge in [0.1, 0.15) is 5.82 Å². The van der Waals surface area contributed by atoms with Gasteiger partial charge in [0.05, 0.1) is 11.7 Å². The summed E-state index contributed by atoms with van der Waals surface area (Å²) in [4.78, 5) is 0. The normalized spacial score (nSPS) is 13.2. The quantitative estimate of drug-likeness (QED) is 0.831. The first kappa shape index (κ1) is 15.5. The summed E-state index contributed by atoms with van der Waals surface area (Å²) in [7, 11) is 0. The Bertz CT molecular complexity index is 617. The van der Waals surface area contributed by atoms with E-state index in [0.717, 1.165) is 12.1 Å². The lowest BCUT2D eigenvalue weighted by Gasteiger charge is -2.16. The highest BCUT2D eigenvalue weighted by molar-refractivity contribution is 5.35. The number of halogens is 4. The SMILES string of the molecule is Cc1cc(C(F)(F)F)ccc1C(O)Cc1ccc(F)cc1. The van der Waals surface area contributed by atoms with Crippen LogP contribution in [-0.2, 0) is 12.6 Å². The highest BCUT2D eigenvalue weighted by atomic mass is 19.4. The number of aryl methyl sites for hydroxylation is 1. The summed E-state index contributed by atoms with van der Waals surface area (Å²) >= 11 is 0. The van der Waals surface area contributed by atoms with Crippen molar-refractivity contribution in [2.45, 2.75) is 25.6 Å². The predicted octanol–water partition coefficient (Wildman–Crippen LogP) is 4.43. The fraction of sp³-hybridized carbons (Fsp3) is 0.250. The van der Waals surface area contributed by atoms with Crippen LogP contribution in [-0.4, -0.2) is 5.11 Å². The van der Waals surface area contributed by atoms with Crippen LogP contribution in [0.15, 0.2) is 42.5 Å². The van der Waals surface area contributed by atoms with Gasteiger partial charge in [-0.25, -0.2) is 4.39 Å². The van der Waals surface area contributed by atoms with Crippen LogP contribution in [0.4, 0.5) is 17.6 Å². The van der Waals surface area contributed by atoms with Gasteiger partial charge >= 0.3 is 6.18 Å². The number of hydrogen-bond acceptors (Lipinski definition) is 1. The van der Waals surface area contributed by atoms with Gasteiger partial charge in [-0.15, -0.1) is 0 Å². The van der Waals surface area contributed by atoms with E-state index in [2.05, 4.69) is 0 Å². The van der Waals surface area contributed by atoms with Gasteiger partial charge in [-0.05, 0) is 47.9 Å². The molecule has 0 aliphatic rings. The zero-order valence-corrected chi connectivity index (χ0v) is 11.3. The average molecular weight is 298 g/mol. The van der Waals surface area contributed by atoms with Crippen molar-refractivity contribution < 1.29 is 22.7 Å². The minimum Gasteiger partial charge on any atom is -0.388 e. The van der Waals surface area contributed by atoms with Crippen LogP contribution in [0.1, 0.15) is 28.4 Å². The van der Waals surface area contributed by atoms with E-state index in [1.165, 1.54) is 37.3 Å². The molecule has 1 unspecified atom stereocenters. The van der Waals surface area contributed by atoms with E-state index in [4.69, 9.17) is 0 Å². The molecule has 5 heteroatoms. The van der Waals surface area contributed by atoms with E-state index in [-0.39, 0.29) is 12.2 Å². The number of hydrogen-bond donors (Lipinski definition) is 1. The van der Waals surface area contributed by atoms with Crippen molar-refractivity contribution in [3.63, 3.8) is 0 Å². The van der Waals surface area contributed by atoms with E-state index >= 15 is 0 Å². The predicted molar refractivity (Wildman–Crippen MR) is 71.2 cm³/mol. The number of aliphatic hydroxyl groups excluding tert-OH is 1. The molecule has 2 aromatic carbocycles. The molecule has 0 radical (unpaired) electrons. The molecule has 0 aromatic heterocycles. The molecule has 0 aliphatic carbocycles. The second-order valence-corrected chi connectivity index (χ2v) is 4.92. The third-order valence-electron chi connectivity index (χ3n) is 3.30. The molecule has 112 valence electrons. The Morgan fingerprint density at radius 3 is 2.19 bits per heavy atom.